The summed E-state index contributed by atoms with van der Waals surface area (Å²) >= 11 is 0. The molecule has 0 atom stereocenters. The van der Waals surface area contributed by atoms with Crippen molar-refractivity contribution in [1.82, 2.24) is 0 Å². The fourth-order valence-corrected chi connectivity index (χ4v) is 1.31. The number of methoxy groups -OCH3 is 1. The molecule has 0 aromatic carbocycles. The number of hydrogen-bond donors (Lipinski definition) is 1. The lowest BCUT2D eigenvalue weighted by atomic mass is 9.88. The smallest absolute Gasteiger partial charge is 0.307 e. The maximum Gasteiger partial charge on any atom is 0.307 e. The van der Waals surface area contributed by atoms with E-state index in [1.807, 2.05) is 0 Å². The molecule has 0 aromatic heterocycles. The first kappa shape index (κ1) is 9.48. The summed E-state index contributed by atoms with van der Waals surface area (Å²) in [6, 6.07) is 0. The quantitative estimate of drug-likeness (QED) is 0.600. The van der Waals surface area contributed by atoms with E-state index in [1.165, 1.54) is 7.11 Å². The van der Waals surface area contributed by atoms with E-state index < -0.39 is 5.54 Å². The summed E-state index contributed by atoms with van der Waals surface area (Å²) in [7, 11) is 1.38. The minimum absolute atomic E-state index is 0.237. The molecule has 0 amide bonds. The summed E-state index contributed by atoms with van der Waals surface area (Å²) in [5, 5.41) is 0. The molecule has 1 saturated heterocycles. The molecule has 70 valence electrons. The van der Waals surface area contributed by atoms with E-state index in [-0.39, 0.29) is 5.97 Å². The van der Waals surface area contributed by atoms with Gasteiger partial charge in [0.25, 0.3) is 0 Å². The zero-order valence-corrected chi connectivity index (χ0v) is 7.34. The summed E-state index contributed by atoms with van der Waals surface area (Å²) in [6.45, 7) is 1.29. The van der Waals surface area contributed by atoms with Crippen molar-refractivity contribution in [2.24, 2.45) is 5.73 Å². The number of esters is 1. The predicted octanol–water partition coefficient (Wildman–Crippen LogP) is 0.0574. The van der Waals surface area contributed by atoms with Crippen LogP contribution < -0.4 is 5.73 Å². The first-order valence-electron chi connectivity index (χ1n) is 4.10. The maximum atomic E-state index is 10.9. The van der Waals surface area contributed by atoms with Gasteiger partial charge in [-0.25, -0.2) is 0 Å². The monoisotopic (exact) mass is 173 g/mol. The van der Waals surface area contributed by atoms with Crippen molar-refractivity contribution in [3.63, 3.8) is 0 Å². The predicted molar refractivity (Wildman–Crippen MR) is 43.6 cm³/mol. The van der Waals surface area contributed by atoms with E-state index in [1.54, 1.807) is 0 Å². The van der Waals surface area contributed by atoms with Gasteiger partial charge in [0.2, 0.25) is 0 Å². The van der Waals surface area contributed by atoms with Crippen molar-refractivity contribution in [3.8, 4) is 0 Å². The third kappa shape index (κ3) is 2.46. The van der Waals surface area contributed by atoms with E-state index >= 15 is 0 Å². The summed E-state index contributed by atoms with van der Waals surface area (Å²) < 4.78 is 9.71. The van der Waals surface area contributed by atoms with Crippen LogP contribution in [0.2, 0.25) is 0 Å². The van der Waals surface area contributed by atoms with Crippen LogP contribution in [0.1, 0.15) is 19.3 Å². The third-order valence-electron chi connectivity index (χ3n) is 2.21. The lowest BCUT2D eigenvalue weighted by molar-refractivity contribution is -0.142. The Balaban J connectivity index is 2.41. The molecule has 1 aliphatic rings. The average molecular weight is 173 g/mol. The molecule has 4 nitrogen and oxygen atoms in total. The van der Waals surface area contributed by atoms with Crippen LogP contribution in [0.25, 0.3) is 0 Å². The Labute approximate surface area is 72.0 Å². The number of ether oxygens (including phenoxy) is 2. The maximum absolute atomic E-state index is 10.9. The molecule has 0 aliphatic carbocycles. The summed E-state index contributed by atoms with van der Waals surface area (Å²) in [6.07, 6.45) is 1.77. The van der Waals surface area contributed by atoms with Crippen molar-refractivity contribution in [3.05, 3.63) is 0 Å². The second-order valence-electron chi connectivity index (χ2n) is 3.23. The van der Waals surface area contributed by atoms with Gasteiger partial charge in [-0.05, 0) is 12.8 Å². The van der Waals surface area contributed by atoms with Gasteiger partial charge in [-0.15, -0.1) is 0 Å². The molecule has 1 heterocycles. The normalized spacial score (nSPS) is 21.8. The van der Waals surface area contributed by atoms with Gasteiger partial charge in [0.15, 0.2) is 0 Å². The van der Waals surface area contributed by atoms with E-state index in [4.69, 9.17) is 10.5 Å². The summed E-state index contributed by atoms with van der Waals surface area (Å²) in [5.74, 6) is -0.237. The second-order valence-corrected chi connectivity index (χ2v) is 3.23. The molecule has 1 fully saturated rings. The SMILES string of the molecule is COC(=O)CC1(N)CCOCC1. The Hall–Kier alpha value is -0.610. The van der Waals surface area contributed by atoms with Crippen LogP contribution in [-0.4, -0.2) is 31.8 Å². The Morgan fingerprint density at radius 1 is 1.58 bits per heavy atom. The molecule has 0 bridgehead atoms. The molecular weight excluding hydrogens is 158 g/mol. The first-order chi connectivity index (χ1) is 5.66. The highest BCUT2D eigenvalue weighted by molar-refractivity contribution is 5.70. The van der Waals surface area contributed by atoms with Crippen molar-refractivity contribution < 1.29 is 14.3 Å². The van der Waals surface area contributed by atoms with Crippen LogP contribution in [0.3, 0.4) is 0 Å². The minimum atomic E-state index is -0.397. The number of carbonyl (C=O) groups is 1. The largest absolute Gasteiger partial charge is 0.469 e. The molecule has 0 aromatic rings. The molecule has 0 saturated carbocycles. The fraction of sp³-hybridized carbons (Fsp3) is 0.875. The molecule has 1 aliphatic heterocycles. The van der Waals surface area contributed by atoms with Crippen molar-refractivity contribution >= 4 is 5.97 Å². The lowest BCUT2D eigenvalue weighted by Gasteiger charge is -2.32. The van der Waals surface area contributed by atoms with Gasteiger partial charge in [0.05, 0.1) is 13.5 Å². The Morgan fingerprint density at radius 2 is 2.17 bits per heavy atom. The zero-order valence-electron chi connectivity index (χ0n) is 7.34. The number of rotatable bonds is 2. The molecule has 4 heteroatoms. The molecule has 12 heavy (non-hydrogen) atoms. The molecule has 0 radical (unpaired) electrons. The Morgan fingerprint density at radius 3 is 2.67 bits per heavy atom. The molecule has 0 unspecified atom stereocenters. The second kappa shape index (κ2) is 3.87. The van der Waals surface area contributed by atoms with Crippen molar-refractivity contribution in [2.45, 2.75) is 24.8 Å². The van der Waals surface area contributed by atoms with Gasteiger partial charge >= 0.3 is 5.97 Å². The standard InChI is InChI=1S/C8H15NO3/c1-11-7(10)6-8(9)2-4-12-5-3-8/h2-6,9H2,1H3. The molecular formula is C8H15NO3. The van der Waals surface area contributed by atoms with E-state index in [2.05, 4.69) is 4.74 Å². The van der Waals surface area contributed by atoms with Crippen LogP contribution in [0.5, 0.6) is 0 Å². The van der Waals surface area contributed by atoms with Crippen LogP contribution in [-0.2, 0) is 14.3 Å². The summed E-state index contributed by atoms with van der Waals surface area (Å²) in [5.41, 5.74) is 5.56. The van der Waals surface area contributed by atoms with Gasteiger partial charge in [0, 0.05) is 18.8 Å². The number of carbonyl (C=O) groups excluding carboxylic acids is 1. The van der Waals surface area contributed by atoms with Gasteiger partial charge < -0.3 is 15.2 Å². The average Bonchev–Trinajstić information content (AvgIpc) is 2.05. The van der Waals surface area contributed by atoms with Crippen LogP contribution in [0.15, 0.2) is 0 Å². The molecule has 2 N–H and O–H groups in total. The van der Waals surface area contributed by atoms with Gasteiger partial charge in [-0.3, -0.25) is 4.79 Å². The Bertz CT molecular complexity index is 164. The Kier molecular flexibility index (Phi) is 3.05. The third-order valence-corrected chi connectivity index (χ3v) is 2.21. The highest BCUT2D eigenvalue weighted by atomic mass is 16.5. The fourth-order valence-electron chi connectivity index (χ4n) is 1.31. The van der Waals surface area contributed by atoms with Crippen molar-refractivity contribution in [1.29, 1.82) is 0 Å². The van der Waals surface area contributed by atoms with Crippen molar-refractivity contribution in [2.75, 3.05) is 20.3 Å². The van der Waals surface area contributed by atoms with Gasteiger partial charge in [-0.1, -0.05) is 0 Å². The molecule has 1 rings (SSSR count). The molecule has 0 spiro atoms. The van der Waals surface area contributed by atoms with Gasteiger partial charge in [0.1, 0.15) is 0 Å². The lowest BCUT2D eigenvalue weighted by Crippen LogP contribution is -2.46. The zero-order chi connectivity index (χ0) is 9.03. The highest BCUT2D eigenvalue weighted by Gasteiger charge is 2.30. The van der Waals surface area contributed by atoms with E-state index in [0.29, 0.717) is 19.6 Å². The minimum Gasteiger partial charge on any atom is -0.469 e. The van der Waals surface area contributed by atoms with E-state index in [0.717, 1.165) is 12.8 Å². The number of hydrogen-bond acceptors (Lipinski definition) is 4. The highest BCUT2D eigenvalue weighted by Crippen LogP contribution is 2.21. The van der Waals surface area contributed by atoms with E-state index in [9.17, 15) is 4.79 Å². The van der Waals surface area contributed by atoms with Crippen LogP contribution in [0.4, 0.5) is 0 Å². The topological polar surface area (TPSA) is 61.5 Å². The summed E-state index contributed by atoms with van der Waals surface area (Å²) in [4.78, 5) is 10.9. The van der Waals surface area contributed by atoms with Crippen LogP contribution >= 0.6 is 0 Å². The van der Waals surface area contributed by atoms with Crippen LogP contribution in [0, 0.1) is 0 Å². The van der Waals surface area contributed by atoms with Gasteiger partial charge in [-0.2, -0.15) is 0 Å². The first-order valence-corrected chi connectivity index (χ1v) is 4.10. The number of nitrogens with two attached hydrogens (primary N) is 1.